The fraction of sp³-hybridized carbons (Fsp3) is 0.400. The van der Waals surface area contributed by atoms with Crippen molar-refractivity contribution in [3.8, 4) is 0 Å². The Bertz CT molecular complexity index is 723. The highest BCUT2D eigenvalue weighted by Gasteiger charge is 2.24. The molecule has 9 heteroatoms. The Morgan fingerprint density at radius 3 is 2.54 bits per heavy atom. The minimum Gasteiger partial charge on any atom is -0.394 e. The van der Waals surface area contributed by atoms with Crippen LogP contribution in [0.3, 0.4) is 0 Å². The standard InChI is InChI=1S/C15H20N2O4S3/c1-2-12(11-18)17(10-13-5-3-7-22-13)14(19)9-16-24(20,21)15-6-4-8-23-15/h3-8,12,16,18H,2,9-11H2,1H3. The number of aliphatic hydroxyl groups is 1. The lowest BCUT2D eigenvalue weighted by Crippen LogP contribution is -2.46. The van der Waals surface area contributed by atoms with Gasteiger partial charge < -0.3 is 10.0 Å². The average molecular weight is 389 g/mol. The van der Waals surface area contributed by atoms with E-state index in [0.717, 1.165) is 16.2 Å². The summed E-state index contributed by atoms with van der Waals surface area (Å²) in [4.78, 5) is 15.1. The molecule has 0 radical (unpaired) electrons. The van der Waals surface area contributed by atoms with E-state index in [1.165, 1.54) is 22.3 Å². The predicted octanol–water partition coefficient (Wildman–Crippen LogP) is 1.89. The van der Waals surface area contributed by atoms with Gasteiger partial charge in [-0.2, -0.15) is 0 Å². The van der Waals surface area contributed by atoms with Gasteiger partial charge in [-0.05, 0) is 29.3 Å². The number of rotatable bonds is 9. The number of sulfonamides is 1. The molecule has 0 saturated carbocycles. The molecule has 0 aliphatic carbocycles. The van der Waals surface area contributed by atoms with Crippen molar-refractivity contribution in [2.45, 2.75) is 30.1 Å². The quantitative estimate of drug-likeness (QED) is 0.687. The molecule has 0 spiro atoms. The number of nitrogens with one attached hydrogen (secondary N) is 1. The molecule has 1 amide bonds. The summed E-state index contributed by atoms with van der Waals surface area (Å²) in [6.07, 6.45) is 0.589. The molecule has 1 unspecified atom stereocenters. The monoisotopic (exact) mass is 388 g/mol. The Labute approximate surface area is 149 Å². The van der Waals surface area contributed by atoms with E-state index in [1.807, 2.05) is 24.4 Å². The maximum atomic E-state index is 12.5. The van der Waals surface area contributed by atoms with Gasteiger partial charge in [-0.25, -0.2) is 13.1 Å². The van der Waals surface area contributed by atoms with Crippen LogP contribution >= 0.6 is 22.7 Å². The van der Waals surface area contributed by atoms with Crippen molar-refractivity contribution in [3.63, 3.8) is 0 Å². The number of amides is 1. The third-order valence-corrected chi connectivity index (χ3v) is 7.18. The van der Waals surface area contributed by atoms with Crippen molar-refractivity contribution in [1.82, 2.24) is 9.62 Å². The summed E-state index contributed by atoms with van der Waals surface area (Å²) in [5.41, 5.74) is 0. The number of carbonyl (C=O) groups excluding carboxylic acids is 1. The maximum absolute atomic E-state index is 12.5. The van der Waals surface area contributed by atoms with Crippen LogP contribution in [0.1, 0.15) is 18.2 Å². The summed E-state index contributed by atoms with van der Waals surface area (Å²) in [6.45, 7) is 1.75. The van der Waals surface area contributed by atoms with Crippen LogP contribution < -0.4 is 4.72 Å². The normalized spacial score (nSPS) is 12.9. The Hall–Kier alpha value is -1.26. The highest BCUT2D eigenvalue weighted by atomic mass is 32.2. The first-order valence-electron chi connectivity index (χ1n) is 7.43. The SMILES string of the molecule is CCC(CO)N(Cc1cccs1)C(=O)CNS(=O)(=O)c1cccs1. The minimum atomic E-state index is -3.69. The molecule has 0 saturated heterocycles. The van der Waals surface area contributed by atoms with Gasteiger partial charge in [0.05, 0.1) is 25.7 Å². The number of thiophene rings is 2. The highest BCUT2D eigenvalue weighted by molar-refractivity contribution is 7.91. The average Bonchev–Trinajstić information content (AvgIpc) is 3.26. The van der Waals surface area contributed by atoms with Gasteiger partial charge in [0.2, 0.25) is 5.91 Å². The molecular weight excluding hydrogens is 368 g/mol. The molecule has 6 nitrogen and oxygen atoms in total. The fourth-order valence-corrected chi connectivity index (χ4v) is 4.90. The van der Waals surface area contributed by atoms with E-state index in [9.17, 15) is 18.3 Å². The van der Waals surface area contributed by atoms with E-state index in [-0.39, 0.29) is 29.3 Å². The highest BCUT2D eigenvalue weighted by Crippen LogP contribution is 2.17. The molecule has 2 aromatic heterocycles. The van der Waals surface area contributed by atoms with Crippen molar-refractivity contribution in [1.29, 1.82) is 0 Å². The molecule has 2 aromatic rings. The topological polar surface area (TPSA) is 86.7 Å². The van der Waals surface area contributed by atoms with Gasteiger partial charge in [-0.15, -0.1) is 22.7 Å². The van der Waals surface area contributed by atoms with Crippen LogP contribution in [0.5, 0.6) is 0 Å². The second kappa shape index (κ2) is 8.72. The minimum absolute atomic E-state index is 0.161. The molecule has 0 aromatic carbocycles. The Kier molecular flexibility index (Phi) is 6.93. The Morgan fingerprint density at radius 2 is 2.00 bits per heavy atom. The number of nitrogens with zero attached hydrogens (tertiary/aromatic N) is 1. The van der Waals surface area contributed by atoms with Crippen LogP contribution in [0.25, 0.3) is 0 Å². The first-order valence-corrected chi connectivity index (χ1v) is 10.7. The van der Waals surface area contributed by atoms with Crippen molar-refractivity contribution in [2.24, 2.45) is 0 Å². The summed E-state index contributed by atoms with van der Waals surface area (Å²) in [6, 6.07) is 6.59. The summed E-state index contributed by atoms with van der Waals surface area (Å²) >= 11 is 2.61. The fourth-order valence-electron chi connectivity index (χ4n) is 2.19. The molecular formula is C15H20N2O4S3. The summed E-state index contributed by atoms with van der Waals surface area (Å²) in [5.74, 6) is -0.357. The second-order valence-electron chi connectivity index (χ2n) is 5.10. The van der Waals surface area contributed by atoms with Crippen LogP contribution in [0.4, 0.5) is 0 Å². The largest absolute Gasteiger partial charge is 0.394 e. The van der Waals surface area contributed by atoms with Gasteiger partial charge in [0.25, 0.3) is 10.0 Å². The molecule has 0 bridgehead atoms. The zero-order chi connectivity index (χ0) is 17.6. The zero-order valence-corrected chi connectivity index (χ0v) is 15.7. The third kappa shape index (κ3) is 4.87. The van der Waals surface area contributed by atoms with Crippen LogP contribution in [0.2, 0.25) is 0 Å². The van der Waals surface area contributed by atoms with E-state index in [4.69, 9.17) is 0 Å². The maximum Gasteiger partial charge on any atom is 0.250 e. The molecule has 2 N–H and O–H groups in total. The molecule has 0 aliphatic heterocycles. The third-order valence-electron chi connectivity index (χ3n) is 3.52. The molecule has 24 heavy (non-hydrogen) atoms. The van der Waals surface area contributed by atoms with Crippen LogP contribution in [0.15, 0.2) is 39.2 Å². The van der Waals surface area contributed by atoms with Crippen molar-refractivity contribution >= 4 is 38.6 Å². The molecule has 1 atom stereocenters. The number of carbonyl (C=O) groups is 1. The van der Waals surface area contributed by atoms with E-state index in [2.05, 4.69) is 4.72 Å². The Balaban J connectivity index is 2.07. The van der Waals surface area contributed by atoms with Crippen molar-refractivity contribution in [2.75, 3.05) is 13.2 Å². The van der Waals surface area contributed by atoms with Crippen LogP contribution in [-0.4, -0.2) is 43.5 Å². The summed E-state index contributed by atoms with van der Waals surface area (Å²) in [7, 11) is -3.69. The number of hydrogen-bond acceptors (Lipinski definition) is 6. The van der Waals surface area contributed by atoms with Crippen LogP contribution in [0, 0.1) is 0 Å². The zero-order valence-electron chi connectivity index (χ0n) is 13.2. The molecule has 0 aliphatic rings. The van der Waals surface area contributed by atoms with Crippen LogP contribution in [-0.2, 0) is 21.4 Å². The van der Waals surface area contributed by atoms with E-state index in [0.29, 0.717) is 13.0 Å². The van der Waals surface area contributed by atoms with Crippen molar-refractivity contribution < 1.29 is 18.3 Å². The van der Waals surface area contributed by atoms with E-state index in [1.54, 1.807) is 11.4 Å². The number of hydrogen-bond donors (Lipinski definition) is 2. The van der Waals surface area contributed by atoms with Gasteiger partial charge in [-0.1, -0.05) is 19.1 Å². The summed E-state index contributed by atoms with van der Waals surface area (Å²) in [5, 5.41) is 13.1. The molecule has 0 fully saturated rings. The van der Waals surface area contributed by atoms with Gasteiger partial charge in [0.15, 0.2) is 0 Å². The van der Waals surface area contributed by atoms with E-state index < -0.39 is 10.0 Å². The summed E-state index contributed by atoms with van der Waals surface area (Å²) < 4.78 is 26.8. The first-order chi connectivity index (χ1) is 11.5. The lowest BCUT2D eigenvalue weighted by molar-refractivity contribution is -0.134. The lowest BCUT2D eigenvalue weighted by Gasteiger charge is -2.29. The van der Waals surface area contributed by atoms with Gasteiger partial charge in [0.1, 0.15) is 4.21 Å². The van der Waals surface area contributed by atoms with Gasteiger partial charge >= 0.3 is 0 Å². The first kappa shape index (κ1) is 19.1. The number of aliphatic hydroxyl groups excluding tert-OH is 1. The van der Waals surface area contributed by atoms with Crippen molar-refractivity contribution in [3.05, 3.63) is 39.9 Å². The van der Waals surface area contributed by atoms with Gasteiger partial charge in [0, 0.05) is 4.88 Å². The second-order valence-corrected chi connectivity index (χ2v) is 9.08. The lowest BCUT2D eigenvalue weighted by atomic mass is 10.2. The molecule has 2 rings (SSSR count). The van der Waals surface area contributed by atoms with E-state index >= 15 is 0 Å². The smallest absolute Gasteiger partial charge is 0.250 e. The Morgan fingerprint density at radius 1 is 1.29 bits per heavy atom. The molecule has 2 heterocycles. The van der Waals surface area contributed by atoms with Gasteiger partial charge in [-0.3, -0.25) is 4.79 Å². The molecule has 132 valence electrons. The predicted molar refractivity (Wildman–Crippen MR) is 95.5 cm³/mol.